The summed E-state index contributed by atoms with van der Waals surface area (Å²) in [6.45, 7) is 11.2. The molecule has 0 aliphatic rings. The zero-order valence-corrected chi connectivity index (χ0v) is 11.4. The van der Waals surface area contributed by atoms with Crippen LogP contribution in [-0.2, 0) is 4.74 Å². The highest BCUT2D eigenvalue weighted by atomic mass is 79.9. The van der Waals surface area contributed by atoms with Crippen molar-refractivity contribution in [3.05, 3.63) is 0 Å². The van der Waals surface area contributed by atoms with Gasteiger partial charge in [-0.2, -0.15) is 0 Å². The lowest BCUT2D eigenvalue weighted by Gasteiger charge is -2.27. The van der Waals surface area contributed by atoms with Crippen molar-refractivity contribution in [3.8, 4) is 0 Å². The zero-order chi connectivity index (χ0) is 9.61. The smallest absolute Gasteiger partial charge is 0.0490 e. The van der Waals surface area contributed by atoms with E-state index in [-0.39, 0.29) is 0 Å². The summed E-state index contributed by atoms with van der Waals surface area (Å²) in [6, 6.07) is 0. The molecule has 3 heteroatoms. The molecule has 0 N–H and O–H groups in total. The minimum atomic E-state index is -0.568. The quantitative estimate of drug-likeness (QED) is 0.401. The largest absolute Gasteiger partial charge is 0.381 e. The van der Waals surface area contributed by atoms with Gasteiger partial charge in [0.1, 0.15) is 0 Å². The predicted octanol–water partition coefficient (Wildman–Crippen LogP) is 3.05. The van der Waals surface area contributed by atoms with Crippen molar-refractivity contribution in [1.82, 2.24) is 0 Å². The normalized spacial score (nSPS) is 12.5. The molecule has 0 aliphatic heterocycles. The highest BCUT2D eigenvalue weighted by Crippen LogP contribution is 2.28. The maximum atomic E-state index is 5.60. The SMILES string of the molecule is C[SiH](C)C(C)(C)COCCCBr. The summed E-state index contributed by atoms with van der Waals surface area (Å²) < 4.78 is 5.60. The topological polar surface area (TPSA) is 9.23 Å². The molecule has 0 heterocycles. The van der Waals surface area contributed by atoms with E-state index in [1.807, 2.05) is 0 Å². The molecule has 0 aliphatic carbocycles. The van der Waals surface area contributed by atoms with E-state index in [1.54, 1.807) is 0 Å². The predicted molar refractivity (Wildman–Crippen MR) is 62.1 cm³/mol. The van der Waals surface area contributed by atoms with Gasteiger partial charge in [-0.3, -0.25) is 0 Å². The molecule has 0 saturated carbocycles. The van der Waals surface area contributed by atoms with Gasteiger partial charge in [-0.25, -0.2) is 0 Å². The first-order valence-corrected chi connectivity index (χ1v) is 8.65. The van der Waals surface area contributed by atoms with Crippen LogP contribution in [0.3, 0.4) is 0 Å². The van der Waals surface area contributed by atoms with Gasteiger partial charge in [0.2, 0.25) is 0 Å². The van der Waals surface area contributed by atoms with Crippen molar-refractivity contribution in [3.63, 3.8) is 0 Å². The fourth-order valence-corrected chi connectivity index (χ4v) is 1.34. The van der Waals surface area contributed by atoms with Crippen molar-refractivity contribution in [2.24, 2.45) is 0 Å². The molecule has 0 rings (SSSR count). The molecule has 0 fully saturated rings. The lowest BCUT2D eigenvalue weighted by atomic mass is 10.2. The highest BCUT2D eigenvalue weighted by molar-refractivity contribution is 9.09. The molecular weight excluding hydrogens is 232 g/mol. The van der Waals surface area contributed by atoms with E-state index in [4.69, 9.17) is 4.74 Å². The molecule has 1 nitrogen and oxygen atoms in total. The molecule has 0 aromatic carbocycles. The average molecular weight is 253 g/mol. The van der Waals surface area contributed by atoms with Crippen LogP contribution in [0.2, 0.25) is 18.1 Å². The number of ether oxygens (including phenoxy) is 1. The summed E-state index contributed by atoms with van der Waals surface area (Å²) in [7, 11) is -0.568. The number of alkyl halides is 1. The Kier molecular flexibility index (Phi) is 6.50. The lowest BCUT2D eigenvalue weighted by molar-refractivity contribution is 0.115. The monoisotopic (exact) mass is 252 g/mol. The standard InChI is InChI=1S/C9H21BrOSi/c1-9(2,12(3)4)8-11-7-5-6-10/h12H,5-8H2,1-4H3. The van der Waals surface area contributed by atoms with Gasteiger partial charge >= 0.3 is 0 Å². The van der Waals surface area contributed by atoms with Crippen LogP contribution in [-0.4, -0.2) is 27.3 Å². The fourth-order valence-electron chi connectivity index (χ4n) is 0.659. The summed E-state index contributed by atoms with van der Waals surface area (Å²) in [4.78, 5) is 0. The molecule has 0 bridgehead atoms. The number of rotatable bonds is 6. The lowest BCUT2D eigenvalue weighted by Crippen LogP contribution is -2.26. The van der Waals surface area contributed by atoms with Gasteiger partial charge < -0.3 is 4.74 Å². The van der Waals surface area contributed by atoms with E-state index in [1.165, 1.54) is 0 Å². The molecule has 0 aromatic rings. The van der Waals surface area contributed by atoms with Gasteiger partial charge in [0.15, 0.2) is 0 Å². The second-order valence-corrected chi connectivity index (χ2v) is 8.90. The van der Waals surface area contributed by atoms with Crippen LogP contribution in [0.15, 0.2) is 0 Å². The molecule has 74 valence electrons. The van der Waals surface area contributed by atoms with Gasteiger partial charge in [0.25, 0.3) is 0 Å². The van der Waals surface area contributed by atoms with Gasteiger partial charge in [-0.1, -0.05) is 42.9 Å². The van der Waals surface area contributed by atoms with Crippen LogP contribution in [0.5, 0.6) is 0 Å². The first kappa shape index (κ1) is 12.7. The molecule has 0 aromatic heterocycles. The van der Waals surface area contributed by atoms with E-state index in [0.29, 0.717) is 5.04 Å². The van der Waals surface area contributed by atoms with Crippen molar-refractivity contribution in [1.29, 1.82) is 0 Å². The third-order valence-corrected chi connectivity index (χ3v) is 6.31. The van der Waals surface area contributed by atoms with Crippen LogP contribution in [0, 0.1) is 0 Å². The van der Waals surface area contributed by atoms with E-state index >= 15 is 0 Å². The Morgan fingerprint density at radius 3 is 2.33 bits per heavy atom. The molecular formula is C9H21BrOSi. The zero-order valence-electron chi connectivity index (χ0n) is 8.69. The maximum Gasteiger partial charge on any atom is 0.0490 e. The summed E-state index contributed by atoms with van der Waals surface area (Å²) in [5.74, 6) is 0. The molecule has 0 atom stereocenters. The molecule has 12 heavy (non-hydrogen) atoms. The van der Waals surface area contributed by atoms with E-state index in [2.05, 4.69) is 42.9 Å². The highest BCUT2D eigenvalue weighted by Gasteiger charge is 2.23. The Balaban J connectivity index is 3.47. The van der Waals surface area contributed by atoms with Gasteiger partial charge in [-0.15, -0.1) is 0 Å². The molecule has 0 radical (unpaired) electrons. The molecule has 0 saturated heterocycles. The second kappa shape index (κ2) is 6.16. The number of halogens is 1. The van der Waals surface area contributed by atoms with Crippen molar-refractivity contribution in [2.75, 3.05) is 18.5 Å². The molecule has 0 spiro atoms. The van der Waals surface area contributed by atoms with E-state index < -0.39 is 8.80 Å². The minimum absolute atomic E-state index is 0.451. The summed E-state index contributed by atoms with van der Waals surface area (Å²) in [6.07, 6.45) is 1.12. The first-order valence-electron chi connectivity index (χ1n) is 4.64. The van der Waals surface area contributed by atoms with Crippen LogP contribution >= 0.6 is 15.9 Å². The Labute approximate surface area is 86.6 Å². The third kappa shape index (κ3) is 5.33. The Bertz CT molecular complexity index is 115. The van der Waals surface area contributed by atoms with Crippen LogP contribution < -0.4 is 0 Å². The average Bonchev–Trinajstić information content (AvgIpc) is 1.98. The van der Waals surface area contributed by atoms with Gasteiger partial charge in [-0.05, 0) is 11.5 Å². The second-order valence-electron chi connectivity index (χ2n) is 4.24. The summed E-state index contributed by atoms with van der Waals surface area (Å²) in [5.41, 5.74) is 0. The van der Waals surface area contributed by atoms with E-state index in [9.17, 15) is 0 Å². The van der Waals surface area contributed by atoms with E-state index in [0.717, 1.165) is 25.0 Å². The summed E-state index contributed by atoms with van der Waals surface area (Å²) >= 11 is 3.39. The number of hydrogen-bond acceptors (Lipinski definition) is 1. The van der Waals surface area contributed by atoms with Crippen LogP contribution in [0.1, 0.15) is 20.3 Å². The molecule has 0 unspecified atom stereocenters. The fraction of sp³-hybridized carbons (Fsp3) is 1.00. The Hall–Kier alpha value is 0.657. The third-order valence-electron chi connectivity index (χ3n) is 2.46. The van der Waals surface area contributed by atoms with Crippen molar-refractivity contribution < 1.29 is 4.74 Å². The molecule has 0 amide bonds. The first-order chi connectivity index (χ1) is 5.50. The number of hydrogen-bond donors (Lipinski definition) is 0. The van der Waals surface area contributed by atoms with Crippen molar-refractivity contribution >= 4 is 24.7 Å². The maximum absolute atomic E-state index is 5.60. The van der Waals surface area contributed by atoms with Crippen LogP contribution in [0.25, 0.3) is 0 Å². The Morgan fingerprint density at radius 2 is 1.92 bits per heavy atom. The van der Waals surface area contributed by atoms with Crippen molar-refractivity contribution in [2.45, 2.75) is 38.4 Å². The van der Waals surface area contributed by atoms with Crippen LogP contribution in [0.4, 0.5) is 0 Å². The van der Waals surface area contributed by atoms with Gasteiger partial charge in [0.05, 0.1) is 0 Å². The van der Waals surface area contributed by atoms with Gasteiger partial charge in [0, 0.05) is 27.3 Å². The summed E-state index contributed by atoms with van der Waals surface area (Å²) in [5, 5.41) is 1.50. The Morgan fingerprint density at radius 1 is 1.33 bits per heavy atom. The minimum Gasteiger partial charge on any atom is -0.381 e.